The Labute approximate surface area is 132 Å². The summed E-state index contributed by atoms with van der Waals surface area (Å²) in [5.74, 6) is 1.93. The van der Waals surface area contributed by atoms with Gasteiger partial charge in [0.25, 0.3) is 0 Å². The molecular formula is C16H26Cl2N2. The lowest BCUT2D eigenvalue weighted by molar-refractivity contribution is 0.222. The molecule has 1 fully saturated rings. The molecule has 1 saturated carbocycles. The summed E-state index contributed by atoms with van der Waals surface area (Å²) >= 11 is 12.7. The van der Waals surface area contributed by atoms with Crippen molar-refractivity contribution in [3.63, 3.8) is 0 Å². The molecule has 0 radical (unpaired) electrons. The van der Waals surface area contributed by atoms with Crippen molar-refractivity contribution < 1.29 is 0 Å². The fourth-order valence-corrected chi connectivity index (χ4v) is 4.21. The third-order valence-electron chi connectivity index (χ3n) is 4.99. The van der Waals surface area contributed by atoms with E-state index in [4.69, 9.17) is 28.3 Å². The first-order valence-electron chi connectivity index (χ1n) is 7.81. The van der Waals surface area contributed by atoms with Gasteiger partial charge in [-0.2, -0.15) is 5.10 Å². The van der Waals surface area contributed by atoms with Gasteiger partial charge in [-0.3, -0.25) is 4.68 Å². The molecule has 1 aromatic heterocycles. The van der Waals surface area contributed by atoms with Gasteiger partial charge < -0.3 is 0 Å². The van der Waals surface area contributed by atoms with E-state index in [1.807, 2.05) is 0 Å². The Bertz CT molecular complexity index is 406. The van der Waals surface area contributed by atoms with Gasteiger partial charge in [-0.25, -0.2) is 0 Å². The van der Waals surface area contributed by atoms with Crippen LogP contribution in [0, 0.1) is 11.3 Å². The van der Waals surface area contributed by atoms with Gasteiger partial charge in [0.05, 0.1) is 5.69 Å². The number of alkyl halides is 2. The zero-order valence-electron chi connectivity index (χ0n) is 12.6. The summed E-state index contributed by atoms with van der Waals surface area (Å²) in [6, 6.07) is 2.59. The highest BCUT2D eigenvalue weighted by atomic mass is 35.5. The highest BCUT2D eigenvalue weighted by molar-refractivity contribution is 6.21. The maximum atomic E-state index is 6.33. The first-order chi connectivity index (χ1) is 9.65. The van der Waals surface area contributed by atoms with Crippen LogP contribution in [0.3, 0.4) is 0 Å². The van der Waals surface area contributed by atoms with Crippen LogP contribution in [0.15, 0.2) is 12.3 Å². The van der Waals surface area contributed by atoms with E-state index >= 15 is 0 Å². The molecule has 1 atom stereocenters. The number of nitrogens with zero attached hydrogens (tertiary/aromatic N) is 2. The average molecular weight is 317 g/mol. The van der Waals surface area contributed by atoms with E-state index in [0.29, 0.717) is 23.7 Å². The molecule has 4 heteroatoms. The Balaban J connectivity index is 2.13. The van der Waals surface area contributed by atoms with E-state index in [0.717, 1.165) is 18.5 Å². The molecule has 114 valence electrons. The van der Waals surface area contributed by atoms with Crippen LogP contribution in [0.1, 0.15) is 57.7 Å². The monoisotopic (exact) mass is 316 g/mol. The summed E-state index contributed by atoms with van der Waals surface area (Å²) in [5.41, 5.74) is 1.16. The SMILES string of the molecule is CCC(C)n1ccc(CC(CCl)(CCl)C2CCCC2)n1. The van der Waals surface area contributed by atoms with Crippen molar-refractivity contribution in [1.82, 2.24) is 9.78 Å². The first kappa shape index (κ1) is 16.2. The minimum Gasteiger partial charge on any atom is -0.270 e. The highest BCUT2D eigenvalue weighted by Crippen LogP contribution is 2.43. The predicted molar refractivity (Wildman–Crippen MR) is 86.8 cm³/mol. The largest absolute Gasteiger partial charge is 0.270 e. The number of hydrogen-bond donors (Lipinski definition) is 0. The number of rotatable bonds is 7. The van der Waals surface area contributed by atoms with E-state index < -0.39 is 0 Å². The Morgan fingerprint density at radius 2 is 2.00 bits per heavy atom. The third-order valence-corrected chi connectivity index (χ3v) is 6.06. The van der Waals surface area contributed by atoms with Crippen LogP contribution in [0.4, 0.5) is 0 Å². The fraction of sp³-hybridized carbons (Fsp3) is 0.812. The Morgan fingerprint density at radius 3 is 2.55 bits per heavy atom. The Morgan fingerprint density at radius 1 is 1.35 bits per heavy atom. The summed E-state index contributed by atoms with van der Waals surface area (Å²) < 4.78 is 2.07. The molecule has 0 N–H and O–H groups in total. The smallest absolute Gasteiger partial charge is 0.0631 e. The lowest BCUT2D eigenvalue weighted by atomic mass is 9.74. The molecule has 0 aromatic carbocycles. The number of hydrogen-bond acceptors (Lipinski definition) is 1. The first-order valence-corrected chi connectivity index (χ1v) is 8.88. The molecule has 0 amide bonds. The lowest BCUT2D eigenvalue weighted by Gasteiger charge is -2.35. The molecule has 1 aliphatic rings. The molecule has 2 nitrogen and oxygen atoms in total. The van der Waals surface area contributed by atoms with Crippen molar-refractivity contribution in [2.24, 2.45) is 11.3 Å². The maximum absolute atomic E-state index is 6.33. The fourth-order valence-electron chi connectivity index (χ4n) is 3.30. The average Bonchev–Trinajstić information content (AvgIpc) is 3.15. The van der Waals surface area contributed by atoms with Crippen molar-refractivity contribution in [2.75, 3.05) is 11.8 Å². The molecule has 0 spiro atoms. The highest BCUT2D eigenvalue weighted by Gasteiger charge is 2.39. The van der Waals surface area contributed by atoms with Crippen LogP contribution in [-0.2, 0) is 6.42 Å². The minimum atomic E-state index is 0.0221. The van der Waals surface area contributed by atoms with E-state index in [1.54, 1.807) is 0 Å². The van der Waals surface area contributed by atoms with E-state index in [-0.39, 0.29) is 5.41 Å². The Hall–Kier alpha value is -0.210. The van der Waals surface area contributed by atoms with Crippen molar-refractivity contribution in [1.29, 1.82) is 0 Å². The van der Waals surface area contributed by atoms with Crippen molar-refractivity contribution in [3.05, 3.63) is 18.0 Å². The molecule has 20 heavy (non-hydrogen) atoms. The van der Waals surface area contributed by atoms with Gasteiger partial charge in [0.1, 0.15) is 0 Å². The maximum Gasteiger partial charge on any atom is 0.0631 e. The van der Waals surface area contributed by atoms with Crippen molar-refractivity contribution in [2.45, 2.75) is 58.4 Å². The third kappa shape index (κ3) is 3.33. The van der Waals surface area contributed by atoms with Gasteiger partial charge in [-0.05, 0) is 44.6 Å². The quantitative estimate of drug-likeness (QED) is 0.643. The Kier molecular flexibility index (Phi) is 5.80. The van der Waals surface area contributed by atoms with Gasteiger partial charge in [-0.1, -0.05) is 19.8 Å². The van der Waals surface area contributed by atoms with Crippen LogP contribution in [0.25, 0.3) is 0 Å². The van der Waals surface area contributed by atoms with Gasteiger partial charge in [-0.15, -0.1) is 23.2 Å². The molecule has 1 aromatic rings. The van der Waals surface area contributed by atoms with Crippen LogP contribution in [-0.4, -0.2) is 21.5 Å². The van der Waals surface area contributed by atoms with Gasteiger partial charge in [0.15, 0.2) is 0 Å². The van der Waals surface area contributed by atoms with Crippen LogP contribution in [0.2, 0.25) is 0 Å². The topological polar surface area (TPSA) is 17.8 Å². The molecule has 1 heterocycles. The van der Waals surface area contributed by atoms with E-state index in [2.05, 4.69) is 30.8 Å². The van der Waals surface area contributed by atoms with Crippen molar-refractivity contribution >= 4 is 23.2 Å². The molecule has 0 aliphatic heterocycles. The molecule has 0 saturated heterocycles. The van der Waals surface area contributed by atoms with Gasteiger partial charge in [0, 0.05) is 29.4 Å². The minimum absolute atomic E-state index is 0.0221. The normalized spacial score (nSPS) is 18.6. The second-order valence-corrected chi connectivity index (χ2v) is 6.87. The second kappa shape index (κ2) is 7.17. The van der Waals surface area contributed by atoms with E-state index in [1.165, 1.54) is 25.7 Å². The molecule has 0 bridgehead atoms. The van der Waals surface area contributed by atoms with Crippen LogP contribution >= 0.6 is 23.2 Å². The van der Waals surface area contributed by atoms with E-state index in [9.17, 15) is 0 Å². The standard InChI is InChI=1S/C16H26Cl2N2/c1-3-13(2)20-9-8-15(19-20)10-16(11-17,12-18)14-6-4-5-7-14/h8-9,13-14H,3-7,10-12H2,1-2H3. The van der Waals surface area contributed by atoms with Crippen LogP contribution < -0.4 is 0 Å². The summed E-state index contributed by atoms with van der Waals surface area (Å²) in [4.78, 5) is 0. The van der Waals surface area contributed by atoms with Gasteiger partial charge >= 0.3 is 0 Å². The van der Waals surface area contributed by atoms with Crippen molar-refractivity contribution in [3.8, 4) is 0 Å². The predicted octanol–water partition coefficient (Wildman–Crippen LogP) is 5.05. The second-order valence-electron chi connectivity index (χ2n) is 6.33. The summed E-state index contributed by atoms with van der Waals surface area (Å²) in [6.45, 7) is 4.39. The molecule has 1 aliphatic carbocycles. The summed E-state index contributed by atoms with van der Waals surface area (Å²) in [7, 11) is 0. The zero-order valence-corrected chi connectivity index (χ0v) is 14.1. The molecule has 1 unspecified atom stereocenters. The summed E-state index contributed by atoms with van der Waals surface area (Å²) in [5, 5.41) is 4.73. The molecular weight excluding hydrogens is 291 g/mol. The zero-order chi connectivity index (χ0) is 14.6. The summed E-state index contributed by atoms with van der Waals surface area (Å²) in [6.07, 6.45) is 9.28. The lowest BCUT2D eigenvalue weighted by Crippen LogP contribution is -2.35. The molecule has 2 rings (SSSR count). The van der Waals surface area contributed by atoms with Gasteiger partial charge in [0.2, 0.25) is 0 Å². The number of halogens is 2. The van der Waals surface area contributed by atoms with Crippen LogP contribution in [0.5, 0.6) is 0 Å². The number of aromatic nitrogens is 2.